The van der Waals surface area contributed by atoms with Crippen LogP contribution in [0.2, 0.25) is 0 Å². The van der Waals surface area contributed by atoms with Gasteiger partial charge in [0.05, 0.1) is 31.3 Å². The van der Waals surface area contributed by atoms with Crippen LogP contribution in [0.25, 0.3) is 33.5 Å². The highest BCUT2D eigenvalue weighted by Gasteiger charge is 2.17. The van der Waals surface area contributed by atoms with Crippen molar-refractivity contribution < 1.29 is 18.6 Å². The molecule has 0 aliphatic carbocycles. The number of fused-ring (bicyclic) bond motifs is 2. The summed E-state index contributed by atoms with van der Waals surface area (Å²) in [5, 5.41) is 5.78. The van der Waals surface area contributed by atoms with Gasteiger partial charge in [0, 0.05) is 15.4 Å². The third-order valence-electron chi connectivity index (χ3n) is 5.56. The molecular formula is C28H20BrN3O5. The second-order valence-electron chi connectivity index (χ2n) is 7.85. The number of halogens is 1. The largest absolute Gasteiger partial charge is 0.493 e. The second kappa shape index (κ2) is 10.2. The molecular weight excluding hydrogens is 538 g/mol. The summed E-state index contributed by atoms with van der Waals surface area (Å²) >= 11 is 3.47. The molecule has 0 radical (unpaired) electrons. The lowest BCUT2D eigenvalue weighted by Gasteiger charge is -2.14. The quantitative estimate of drug-likeness (QED) is 0.194. The molecule has 0 saturated carbocycles. The molecule has 0 atom stereocenters. The molecule has 0 bridgehead atoms. The van der Waals surface area contributed by atoms with Gasteiger partial charge >= 0.3 is 0 Å². The summed E-state index contributed by atoms with van der Waals surface area (Å²) < 4.78 is 24.7. The van der Waals surface area contributed by atoms with Crippen molar-refractivity contribution in [3.8, 4) is 41.2 Å². The topological polar surface area (TPSA) is 88.1 Å². The Morgan fingerprint density at radius 3 is 2.59 bits per heavy atom. The Morgan fingerprint density at radius 1 is 1.11 bits per heavy atom. The van der Waals surface area contributed by atoms with Crippen LogP contribution in [-0.4, -0.2) is 36.7 Å². The number of benzene rings is 3. The van der Waals surface area contributed by atoms with E-state index in [1.165, 1.54) is 25.1 Å². The zero-order valence-electron chi connectivity index (χ0n) is 19.9. The number of methoxy groups -OCH3 is 2. The van der Waals surface area contributed by atoms with Crippen LogP contribution in [0.3, 0.4) is 0 Å². The van der Waals surface area contributed by atoms with Gasteiger partial charge in [-0.25, -0.2) is 4.98 Å². The van der Waals surface area contributed by atoms with Crippen molar-refractivity contribution in [1.82, 2.24) is 9.66 Å². The molecule has 5 rings (SSSR count). The smallest absolute Gasteiger partial charge is 0.282 e. The normalized spacial score (nSPS) is 11.2. The Hall–Kier alpha value is -4.55. The second-order valence-corrected chi connectivity index (χ2v) is 8.77. The van der Waals surface area contributed by atoms with Gasteiger partial charge in [0.2, 0.25) is 11.6 Å². The minimum Gasteiger partial charge on any atom is -0.493 e. The van der Waals surface area contributed by atoms with Crippen LogP contribution < -0.4 is 19.8 Å². The Bertz CT molecular complexity index is 1740. The fraction of sp³-hybridized carbons (Fsp3) is 0.107. The predicted octanol–water partition coefficient (Wildman–Crippen LogP) is 5.48. The average Bonchev–Trinajstić information content (AvgIpc) is 3.34. The highest BCUT2D eigenvalue weighted by atomic mass is 79.9. The maximum Gasteiger partial charge on any atom is 0.282 e. The Kier molecular flexibility index (Phi) is 6.66. The highest BCUT2D eigenvalue weighted by Crippen LogP contribution is 2.38. The van der Waals surface area contributed by atoms with Crippen LogP contribution >= 0.6 is 15.9 Å². The minimum absolute atomic E-state index is 0.0513. The molecule has 0 aliphatic heterocycles. The first-order valence-electron chi connectivity index (χ1n) is 11.1. The molecule has 37 heavy (non-hydrogen) atoms. The first-order valence-corrected chi connectivity index (χ1v) is 11.9. The van der Waals surface area contributed by atoms with Crippen molar-refractivity contribution in [1.29, 1.82) is 0 Å². The summed E-state index contributed by atoms with van der Waals surface area (Å²) in [7, 11) is 3.02. The lowest BCUT2D eigenvalue weighted by Crippen LogP contribution is -2.20. The van der Waals surface area contributed by atoms with Gasteiger partial charge in [-0.2, -0.15) is 9.78 Å². The standard InChI is InChI=1S/C28H20BrN3O5/c1-4-11-36-26-23(34-2)12-17(13-24(26)35-3)16-30-32-27(31-21-8-6-5-7-20(21)28(32)33)25-15-18-14-19(29)9-10-22(18)37-25/h1,5-10,12-16H,11H2,2-3H3. The number of aromatic nitrogens is 2. The molecule has 0 amide bonds. The van der Waals surface area contributed by atoms with E-state index in [0.29, 0.717) is 45.1 Å². The van der Waals surface area contributed by atoms with Gasteiger partial charge in [-0.05, 0) is 48.5 Å². The van der Waals surface area contributed by atoms with Crippen molar-refractivity contribution in [3.63, 3.8) is 0 Å². The first kappa shape index (κ1) is 24.2. The molecule has 0 N–H and O–H groups in total. The van der Waals surface area contributed by atoms with E-state index in [1.54, 1.807) is 30.3 Å². The van der Waals surface area contributed by atoms with Gasteiger partial charge in [0.25, 0.3) is 5.56 Å². The fourth-order valence-electron chi connectivity index (χ4n) is 3.87. The van der Waals surface area contributed by atoms with Crippen molar-refractivity contribution in [2.24, 2.45) is 5.10 Å². The predicted molar refractivity (Wildman–Crippen MR) is 146 cm³/mol. The fourth-order valence-corrected chi connectivity index (χ4v) is 4.25. The first-order chi connectivity index (χ1) is 18.0. The molecule has 184 valence electrons. The Balaban J connectivity index is 1.67. The number of ether oxygens (including phenoxy) is 3. The number of hydrogen-bond acceptors (Lipinski definition) is 7. The average molecular weight is 558 g/mol. The molecule has 3 aromatic carbocycles. The number of hydrogen-bond donors (Lipinski definition) is 0. The van der Waals surface area contributed by atoms with Gasteiger partial charge in [-0.1, -0.05) is 34.0 Å². The number of rotatable bonds is 7. The summed E-state index contributed by atoms with van der Waals surface area (Å²) in [5.74, 6) is 4.27. The van der Waals surface area contributed by atoms with Crippen LogP contribution in [0, 0.1) is 12.3 Å². The summed E-state index contributed by atoms with van der Waals surface area (Å²) in [6, 6.07) is 18.0. The van der Waals surface area contributed by atoms with E-state index < -0.39 is 0 Å². The maximum absolute atomic E-state index is 13.5. The van der Waals surface area contributed by atoms with Gasteiger partial charge < -0.3 is 18.6 Å². The van der Waals surface area contributed by atoms with Crippen LogP contribution in [0.5, 0.6) is 17.2 Å². The third-order valence-corrected chi connectivity index (χ3v) is 6.05. The van der Waals surface area contributed by atoms with Crippen molar-refractivity contribution in [3.05, 3.63) is 81.1 Å². The van der Waals surface area contributed by atoms with Gasteiger partial charge in [-0.15, -0.1) is 6.42 Å². The molecule has 0 fully saturated rings. The van der Waals surface area contributed by atoms with E-state index in [1.807, 2.05) is 30.3 Å². The van der Waals surface area contributed by atoms with Gasteiger partial charge in [0.15, 0.2) is 17.3 Å². The Labute approximate surface area is 220 Å². The number of terminal acetylenes is 1. The molecule has 8 nitrogen and oxygen atoms in total. The van der Waals surface area contributed by atoms with Crippen LogP contribution in [0.1, 0.15) is 5.56 Å². The lowest BCUT2D eigenvalue weighted by atomic mass is 10.2. The van der Waals surface area contributed by atoms with E-state index in [-0.39, 0.29) is 18.0 Å². The SMILES string of the molecule is C#CCOc1c(OC)cc(C=Nn2c(-c3cc4cc(Br)ccc4o3)nc3ccccc3c2=O)cc1OC. The maximum atomic E-state index is 13.5. The van der Waals surface area contributed by atoms with Crippen LogP contribution in [0.4, 0.5) is 0 Å². The summed E-state index contributed by atoms with van der Waals surface area (Å²) in [5.41, 5.74) is 1.45. The summed E-state index contributed by atoms with van der Waals surface area (Å²) in [6.45, 7) is 0.0513. The molecule has 0 unspecified atom stereocenters. The molecule has 0 aliphatic rings. The summed E-state index contributed by atoms with van der Waals surface area (Å²) in [4.78, 5) is 18.2. The highest BCUT2D eigenvalue weighted by molar-refractivity contribution is 9.10. The Morgan fingerprint density at radius 2 is 1.86 bits per heavy atom. The van der Waals surface area contributed by atoms with E-state index in [4.69, 9.17) is 30.0 Å². The third kappa shape index (κ3) is 4.67. The van der Waals surface area contributed by atoms with Crippen molar-refractivity contribution in [2.75, 3.05) is 20.8 Å². The van der Waals surface area contributed by atoms with Gasteiger partial charge in [-0.3, -0.25) is 4.79 Å². The zero-order chi connectivity index (χ0) is 25.9. The molecule has 2 aromatic heterocycles. The minimum atomic E-state index is -0.341. The number of para-hydroxylation sites is 1. The van der Waals surface area contributed by atoms with E-state index in [2.05, 4.69) is 27.0 Å². The van der Waals surface area contributed by atoms with E-state index in [0.717, 1.165) is 9.86 Å². The van der Waals surface area contributed by atoms with E-state index in [9.17, 15) is 4.79 Å². The molecule has 0 saturated heterocycles. The van der Waals surface area contributed by atoms with Crippen LogP contribution in [0.15, 0.2) is 79.4 Å². The van der Waals surface area contributed by atoms with Gasteiger partial charge in [0.1, 0.15) is 12.2 Å². The van der Waals surface area contributed by atoms with Crippen molar-refractivity contribution >= 4 is 44.0 Å². The van der Waals surface area contributed by atoms with Crippen molar-refractivity contribution in [2.45, 2.75) is 0 Å². The summed E-state index contributed by atoms with van der Waals surface area (Å²) in [6.07, 6.45) is 6.83. The zero-order valence-corrected chi connectivity index (χ0v) is 21.5. The molecule has 9 heteroatoms. The monoisotopic (exact) mass is 557 g/mol. The number of furan rings is 1. The number of nitrogens with zero attached hydrogens (tertiary/aromatic N) is 3. The molecule has 0 spiro atoms. The molecule has 2 heterocycles. The lowest BCUT2D eigenvalue weighted by molar-refractivity contribution is 0.304. The van der Waals surface area contributed by atoms with E-state index >= 15 is 0 Å². The molecule has 5 aromatic rings. The van der Waals surface area contributed by atoms with Crippen LogP contribution in [-0.2, 0) is 0 Å².